The maximum Gasteiger partial charge on any atom is 0.103 e. The van der Waals surface area contributed by atoms with Crippen LogP contribution in [0, 0.1) is 5.92 Å². The van der Waals surface area contributed by atoms with Crippen LogP contribution in [0.1, 0.15) is 39.2 Å². The topological polar surface area (TPSA) is 24.7 Å². The van der Waals surface area contributed by atoms with Crippen molar-refractivity contribution in [2.45, 2.75) is 45.3 Å². The maximum atomic E-state index is 11.1. The van der Waals surface area contributed by atoms with Gasteiger partial charge >= 0.3 is 0 Å². The molecule has 0 saturated carbocycles. The van der Waals surface area contributed by atoms with E-state index in [-0.39, 0.29) is 0 Å². The summed E-state index contributed by atoms with van der Waals surface area (Å²) in [4.78, 5) is 1.64. The molecule has 1 heterocycles. The molecule has 0 bridgehead atoms. The van der Waals surface area contributed by atoms with Gasteiger partial charge in [0.15, 0.2) is 0 Å². The molecule has 1 fully saturated rings. The monoisotopic (exact) mass is 248 g/mol. The molecule has 100 valence electrons. The van der Waals surface area contributed by atoms with Crippen molar-refractivity contribution in [1.82, 2.24) is 0 Å². The van der Waals surface area contributed by atoms with Crippen molar-refractivity contribution in [1.29, 1.82) is 0 Å². The Hall–Kier alpha value is -0.860. The Kier molecular flexibility index (Phi) is 4.08. The fourth-order valence-electron chi connectivity index (χ4n) is 3.37. The summed E-state index contributed by atoms with van der Waals surface area (Å²) in [5.74, 6) is 0.317. The summed E-state index contributed by atoms with van der Waals surface area (Å²) in [5.41, 5.74) is 0.442. The van der Waals surface area contributed by atoms with Crippen LogP contribution in [0.5, 0.6) is 0 Å². The van der Waals surface area contributed by atoms with E-state index in [1.807, 2.05) is 18.2 Å². The fraction of sp³-hybridized carbons (Fsp3) is 0.625. The summed E-state index contributed by atoms with van der Waals surface area (Å²) >= 11 is 0. The van der Waals surface area contributed by atoms with Gasteiger partial charge in [-0.2, -0.15) is 0 Å². The summed E-state index contributed by atoms with van der Waals surface area (Å²) in [7, 11) is 0. The molecule has 18 heavy (non-hydrogen) atoms. The van der Waals surface area contributed by atoms with E-state index in [1.165, 1.54) is 13.0 Å². The molecule has 2 heteroatoms. The highest BCUT2D eigenvalue weighted by Gasteiger charge is 2.45. The van der Waals surface area contributed by atoms with Gasteiger partial charge in [0.25, 0.3) is 0 Å². The number of piperidine rings is 1. The van der Waals surface area contributed by atoms with Gasteiger partial charge in [-0.25, -0.2) is 0 Å². The second-order valence-corrected chi connectivity index (χ2v) is 5.91. The molecule has 1 unspecified atom stereocenters. The Morgan fingerprint density at radius 1 is 1.28 bits per heavy atom. The van der Waals surface area contributed by atoms with E-state index in [1.54, 1.807) is 4.90 Å². The van der Waals surface area contributed by atoms with E-state index >= 15 is 0 Å². The van der Waals surface area contributed by atoms with Crippen molar-refractivity contribution in [2.24, 2.45) is 5.92 Å². The lowest BCUT2D eigenvalue weighted by Gasteiger charge is -2.44. The van der Waals surface area contributed by atoms with Crippen LogP contribution in [0.2, 0.25) is 0 Å². The van der Waals surface area contributed by atoms with E-state index < -0.39 is 5.60 Å². The molecule has 2 N–H and O–H groups in total. The lowest BCUT2D eigenvalue weighted by Crippen LogP contribution is -3.17. The number of likely N-dealkylation sites (tertiary alicyclic amines) is 1. The first-order valence-corrected chi connectivity index (χ1v) is 7.20. The Morgan fingerprint density at radius 2 is 1.94 bits per heavy atom. The van der Waals surface area contributed by atoms with E-state index in [4.69, 9.17) is 0 Å². The Morgan fingerprint density at radius 3 is 2.56 bits per heavy atom. The third-order valence-electron chi connectivity index (χ3n) is 4.54. The average Bonchev–Trinajstić information content (AvgIpc) is 2.37. The van der Waals surface area contributed by atoms with Gasteiger partial charge in [-0.1, -0.05) is 44.2 Å². The first-order chi connectivity index (χ1) is 8.58. The second-order valence-electron chi connectivity index (χ2n) is 5.91. The highest BCUT2D eigenvalue weighted by Crippen LogP contribution is 2.35. The first kappa shape index (κ1) is 13.6. The number of hydrogen-bond acceptors (Lipinski definition) is 1. The smallest absolute Gasteiger partial charge is 0.103 e. The summed E-state index contributed by atoms with van der Waals surface area (Å²) < 4.78 is 0. The van der Waals surface area contributed by atoms with Crippen LogP contribution in [-0.2, 0) is 5.60 Å². The largest absolute Gasteiger partial charge is 0.384 e. The molecule has 1 aliphatic rings. The molecule has 0 spiro atoms. The molecule has 1 saturated heterocycles. The zero-order valence-electron chi connectivity index (χ0n) is 11.8. The van der Waals surface area contributed by atoms with E-state index in [9.17, 15) is 5.11 Å². The molecule has 0 aromatic heterocycles. The third kappa shape index (κ3) is 2.45. The number of aliphatic hydroxyl groups is 1. The number of benzene rings is 1. The molecule has 2 rings (SSSR count). The summed E-state index contributed by atoms with van der Waals surface area (Å²) in [5, 5.41) is 11.1. The predicted octanol–water partition coefficient (Wildman–Crippen LogP) is 1.60. The minimum atomic E-state index is -0.641. The minimum Gasteiger partial charge on any atom is -0.384 e. The van der Waals surface area contributed by atoms with Crippen LogP contribution in [0.15, 0.2) is 30.3 Å². The van der Waals surface area contributed by atoms with Crippen molar-refractivity contribution in [3.8, 4) is 0 Å². The van der Waals surface area contributed by atoms with Crippen LogP contribution in [0.3, 0.4) is 0 Å². The van der Waals surface area contributed by atoms with Gasteiger partial charge in [-0.15, -0.1) is 0 Å². The van der Waals surface area contributed by atoms with Crippen LogP contribution in [-0.4, -0.2) is 24.2 Å². The Bertz CT molecular complexity index is 378. The number of quaternary nitrogens is 1. The lowest BCUT2D eigenvalue weighted by atomic mass is 9.74. The van der Waals surface area contributed by atoms with Crippen LogP contribution >= 0.6 is 0 Å². The fourth-order valence-corrected chi connectivity index (χ4v) is 3.37. The van der Waals surface area contributed by atoms with Crippen LogP contribution < -0.4 is 4.90 Å². The van der Waals surface area contributed by atoms with Gasteiger partial charge in [0.05, 0.1) is 19.1 Å². The number of nitrogens with one attached hydrogen (secondary N) is 1. The van der Waals surface area contributed by atoms with Gasteiger partial charge in [-0.3, -0.25) is 0 Å². The maximum absolute atomic E-state index is 11.1. The lowest BCUT2D eigenvalue weighted by molar-refractivity contribution is -0.935. The van der Waals surface area contributed by atoms with Crippen molar-refractivity contribution >= 4 is 0 Å². The molecule has 0 aliphatic carbocycles. The summed E-state index contributed by atoms with van der Waals surface area (Å²) in [6.45, 7) is 8.98. The summed E-state index contributed by atoms with van der Waals surface area (Å²) in [6.07, 6.45) is 2.09. The number of hydrogen-bond donors (Lipinski definition) is 2. The van der Waals surface area contributed by atoms with Crippen molar-refractivity contribution in [2.75, 3.05) is 13.1 Å². The highest BCUT2D eigenvalue weighted by atomic mass is 16.3. The third-order valence-corrected chi connectivity index (χ3v) is 4.54. The van der Waals surface area contributed by atoms with Gasteiger partial charge in [0.2, 0.25) is 0 Å². The van der Waals surface area contributed by atoms with Crippen molar-refractivity contribution in [3.63, 3.8) is 0 Å². The van der Waals surface area contributed by atoms with Gasteiger partial charge < -0.3 is 10.0 Å². The molecule has 4 atom stereocenters. The molecular weight excluding hydrogens is 222 g/mol. The number of rotatable bonds is 3. The van der Waals surface area contributed by atoms with Crippen molar-refractivity contribution < 1.29 is 10.0 Å². The Labute approximate surface area is 111 Å². The average molecular weight is 248 g/mol. The molecule has 1 aliphatic heterocycles. The zero-order valence-corrected chi connectivity index (χ0v) is 11.8. The molecular formula is C16H26NO+. The molecule has 0 radical (unpaired) electrons. The first-order valence-electron chi connectivity index (χ1n) is 7.20. The predicted molar refractivity (Wildman–Crippen MR) is 74.6 cm³/mol. The van der Waals surface area contributed by atoms with E-state index in [2.05, 4.69) is 32.9 Å². The van der Waals surface area contributed by atoms with Crippen molar-refractivity contribution in [3.05, 3.63) is 35.9 Å². The van der Waals surface area contributed by atoms with Crippen LogP contribution in [0.25, 0.3) is 0 Å². The zero-order chi connectivity index (χ0) is 13.2. The molecule has 0 amide bonds. The molecule has 2 nitrogen and oxygen atoms in total. The minimum absolute atomic E-state index is 0.317. The summed E-state index contributed by atoms with van der Waals surface area (Å²) in [6, 6.07) is 10.7. The molecule has 1 aromatic carbocycles. The quantitative estimate of drug-likeness (QED) is 0.834. The van der Waals surface area contributed by atoms with E-state index in [0.717, 1.165) is 18.5 Å². The van der Waals surface area contributed by atoms with Crippen LogP contribution in [0.4, 0.5) is 0 Å². The van der Waals surface area contributed by atoms with E-state index in [0.29, 0.717) is 12.0 Å². The van der Waals surface area contributed by atoms with Gasteiger partial charge in [0, 0.05) is 12.3 Å². The Balaban J connectivity index is 2.20. The highest BCUT2D eigenvalue weighted by molar-refractivity contribution is 5.23. The standard InChI is InChI=1S/C16H25NO/c1-4-10-17-12-13(2)16(18,11-14(17)3)15-8-6-5-7-9-15/h5-9,13-14,18H,4,10-12H2,1-3H3/p+1/t13-,14+,16+/m1/s1. The SMILES string of the molecule is CCC[NH+]1C[C@@H](C)[C@](O)(c2ccccc2)C[C@@H]1C. The molecule has 1 aromatic rings. The van der Waals surface area contributed by atoms with Gasteiger partial charge in [0.1, 0.15) is 5.60 Å². The van der Waals surface area contributed by atoms with Gasteiger partial charge in [-0.05, 0) is 18.9 Å². The normalized spacial score (nSPS) is 36.6. The second kappa shape index (κ2) is 5.41.